The predicted molar refractivity (Wildman–Crippen MR) is 157 cm³/mol. The Morgan fingerprint density at radius 1 is 0.949 bits per heavy atom. The van der Waals surface area contributed by atoms with Gasteiger partial charge in [-0.25, -0.2) is 8.42 Å². The third-order valence-electron chi connectivity index (χ3n) is 6.29. The molecule has 3 aromatic rings. The summed E-state index contributed by atoms with van der Waals surface area (Å²) in [7, 11) is -0.600. The number of halogens is 1. The fraction of sp³-hybridized carbons (Fsp3) is 0.310. The second-order valence-electron chi connectivity index (χ2n) is 9.08. The Kier molecular flexibility index (Phi) is 10.9. The van der Waals surface area contributed by atoms with Crippen LogP contribution in [0.2, 0.25) is 0 Å². The molecule has 3 aromatic carbocycles. The van der Waals surface area contributed by atoms with Gasteiger partial charge < -0.3 is 15.0 Å². The summed E-state index contributed by atoms with van der Waals surface area (Å²) in [5.74, 6) is -0.0827. The number of likely N-dealkylation sites (N-methyl/N-ethyl adjacent to an activating group) is 1. The van der Waals surface area contributed by atoms with Gasteiger partial charge in [0.15, 0.2) is 0 Å². The molecule has 1 N–H and O–H groups in total. The maximum Gasteiger partial charge on any atom is 0.242 e. The zero-order chi connectivity index (χ0) is 28.4. The highest BCUT2D eigenvalue weighted by Crippen LogP contribution is 2.30. The molecule has 0 heterocycles. The third kappa shape index (κ3) is 8.56. The maximum atomic E-state index is 13.7. The molecule has 8 nitrogen and oxygen atoms in total. The number of amides is 2. The van der Waals surface area contributed by atoms with Crippen molar-refractivity contribution in [3.63, 3.8) is 0 Å². The van der Waals surface area contributed by atoms with Crippen molar-refractivity contribution in [3.05, 3.63) is 94.5 Å². The number of nitrogens with zero attached hydrogens (tertiary/aromatic N) is 2. The fourth-order valence-electron chi connectivity index (χ4n) is 4.33. The summed E-state index contributed by atoms with van der Waals surface area (Å²) in [5, 5.41) is 2.70. The third-order valence-corrected chi connectivity index (χ3v) is 8.00. The average Bonchev–Trinajstić information content (AvgIpc) is 2.93. The van der Waals surface area contributed by atoms with Crippen molar-refractivity contribution in [3.8, 4) is 5.75 Å². The second-order valence-corrected chi connectivity index (χ2v) is 11.9. The first-order valence-corrected chi connectivity index (χ1v) is 15.2. The highest BCUT2D eigenvalue weighted by Gasteiger charge is 2.30. The molecule has 0 unspecified atom stereocenters. The van der Waals surface area contributed by atoms with Gasteiger partial charge in [0.2, 0.25) is 21.8 Å². The molecular weight excluding hydrogens is 582 g/mol. The first-order chi connectivity index (χ1) is 18.6. The molecule has 0 bridgehead atoms. The zero-order valence-corrected chi connectivity index (χ0v) is 24.7. The number of para-hydroxylation sites is 2. The molecular formula is C29H34BrN3O5S. The molecule has 0 spiro atoms. The largest absolute Gasteiger partial charge is 0.495 e. The van der Waals surface area contributed by atoms with Crippen LogP contribution in [0.1, 0.15) is 24.0 Å². The van der Waals surface area contributed by atoms with Crippen molar-refractivity contribution in [2.24, 2.45) is 0 Å². The topological polar surface area (TPSA) is 96.0 Å². The molecule has 0 aliphatic rings. The van der Waals surface area contributed by atoms with Crippen LogP contribution in [-0.4, -0.2) is 58.1 Å². The van der Waals surface area contributed by atoms with Gasteiger partial charge in [0, 0.05) is 37.5 Å². The molecule has 0 saturated heterocycles. The number of ether oxygens (including phenoxy) is 1. The van der Waals surface area contributed by atoms with Crippen LogP contribution in [0.3, 0.4) is 0 Å². The minimum atomic E-state index is -3.64. The first kappa shape index (κ1) is 30.2. The number of nitrogens with one attached hydrogen (secondary N) is 1. The summed E-state index contributed by atoms with van der Waals surface area (Å²) in [5.41, 5.74) is 2.22. The van der Waals surface area contributed by atoms with Gasteiger partial charge in [-0.3, -0.25) is 13.9 Å². The summed E-state index contributed by atoms with van der Waals surface area (Å²) >= 11 is 3.43. The van der Waals surface area contributed by atoms with Crippen LogP contribution < -0.4 is 14.4 Å². The molecule has 0 saturated carbocycles. The summed E-state index contributed by atoms with van der Waals surface area (Å²) in [6.07, 6.45) is 1.79. The van der Waals surface area contributed by atoms with E-state index >= 15 is 0 Å². The van der Waals surface area contributed by atoms with Crippen LogP contribution in [0.4, 0.5) is 5.69 Å². The maximum absolute atomic E-state index is 13.7. The molecule has 208 valence electrons. The number of sulfonamides is 1. The Bertz CT molecular complexity index is 1350. The number of anilines is 1. The molecule has 39 heavy (non-hydrogen) atoms. The lowest BCUT2D eigenvalue weighted by Gasteiger charge is -2.31. The molecule has 2 amide bonds. The minimum absolute atomic E-state index is 0.0555. The quantitative estimate of drug-likeness (QED) is 0.308. The number of methoxy groups -OCH3 is 1. The van der Waals surface area contributed by atoms with Gasteiger partial charge >= 0.3 is 0 Å². The van der Waals surface area contributed by atoms with Crippen LogP contribution in [0.5, 0.6) is 5.75 Å². The molecule has 0 aromatic heterocycles. The van der Waals surface area contributed by atoms with Crippen LogP contribution in [0, 0.1) is 0 Å². The molecule has 1 atom stereocenters. The minimum Gasteiger partial charge on any atom is -0.495 e. The van der Waals surface area contributed by atoms with E-state index in [1.807, 2.05) is 54.6 Å². The van der Waals surface area contributed by atoms with Crippen molar-refractivity contribution >= 4 is 43.5 Å². The monoisotopic (exact) mass is 615 g/mol. The number of carbonyl (C=O) groups excluding carboxylic acids is 2. The van der Waals surface area contributed by atoms with Crippen molar-refractivity contribution in [1.29, 1.82) is 0 Å². The summed E-state index contributed by atoms with van der Waals surface area (Å²) in [6.45, 7) is 0.319. The van der Waals surface area contributed by atoms with E-state index in [2.05, 4.69) is 21.2 Å². The van der Waals surface area contributed by atoms with Gasteiger partial charge in [-0.1, -0.05) is 70.5 Å². The van der Waals surface area contributed by atoms with E-state index in [0.29, 0.717) is 17.9 Å². The SMILES string of the molecule is CNC(=O)[C@H](Cc1ccccc1)N(Cc1ccc(Br)cc1)C(=O)CCCN(c1ccccc1OC)S(C)(=O)=O. The smallest absolute Gasteiger partial charge is 0.242 e. The van der Waals surface area contributed by atoms with Gasteiger partial charge in [-0.2, -0.15) is 0 Å². The number of benzene rings is 3. The average molecular weight is 617 g/mol. The van der Waals surface area contributed by atoms with E-state index in [1.54, 1.807) is 36.2 Å². The molecule has 0 radical (unpaired) electrons. The van der Waals surface area contributed by atoms with Gasteiger partial charge in [-0.05, 0) is 41.8 Å². The molecule has 0 aliphatic carbocycles. The van der Waals surface area contributed by atoms with E-state index in [9.17, 15) is 18.0 Å². The Morgan fingerprint density at radius 2 is 1.59 bits per heavy atom. The van der Waals surface area contributed by atoms with Gasteiger partial charge in [0.25, 0.3) is 0 Å². The van der Waals surface area contributed by atoms with E-state index in [1.165, 1.54) is 11.4 Å². The first-order valence-electron chi connectivity index (χ1n) is 12.5. The predicted octanol–water partition coefficient (Wildman–Crippen LogP) is 4.39. The van der Waals surface area contributed by atoms with E-state index < -0.39 is 16.1 Å². The normalized spacial score (nSPS) is 11.9. The van der Waals surface area contributed by atoms with Crippen LogP contribution in [0.25, 0.3) is 0 Å². The van der Waals surface area contributed by atoms with Crippen molar-refractivity contribution in [2.75, 3.05) is 31.3 Å². The number of rotatable bonds is 13. The standard InChI is InChI=1S/C29H34BrN3O5S/c1-31-29(35)26(20-22-10-5-4-6-11-22)32(21-23-15-17-24(30)18-16-23)28(34)14-9-19-33(39(3,36)37)25-12-7-8-13-27(25)38-2/h4-8,10-13,15-18,26H,9,14,19-21H2,1-3H3,(H,31,35)/t26-/m0/s1. The summed E-state index contributed by atoms with van der Waals surface area (Å²) in [6, 6.07) is 23.3. The van der Waals surface area contributed by atoms with Gasteiger partial charge in [0.1, 0.15) is 11.8 Å². The van der Waals surface area contributed by atoms with Crippen LogP contribution in [-0.2, 0) is 32.6 Å². The van der Waals surface area contributed by atoms with Crippen molar-refractivity contribution < 1.29 is 22.7 Å². The Morgan fingerprint density at radius 3 is 2.21 bits per heavy atom. The lowest BCUT2D eigenvalue weighted by atomic mass is 10.0. The summed E-state index contributed by atoms with van der Waals surface area (Å²) < 4.78 is 32.8. The number of carbonyl (C=O) groups is 2. The molecule has 0 aliphatic heterocycles. The highest BCUT2D eigenvalue weighted by molar-refractivity contribution is 9.10. The lowest BCUT2D eigenvalue weighted by molar-refractivity contribution is -0.141. The number of hydrogen-bond acceptors (Lipinski definition) is 5. The van der Waals surface area contributed by atoms with E-state index in [-0.39, 0.29) is 37.7 Å². The van der Waals surface area contributed by atoms with E-state index in [4.69, 9.17) is 4.74 Å². The second kappa shape index (κ2) is 14.1. The zero-order valence-electron chi connectivity index (χ0n) is 22.3. The van der Waals surface area contributed by atoms with Crippen LogP contribution in [0.15, 0.2) is 83.3 Å². The lowest BCUT2D eigenvalue weighted by Crippen LogP contribution is -2.49. The fourth-order valence-corrected chi connectivity index (χ4v) is 5.56. The van der Waals surface area contributed by atoms with Crippen LogP contribution >= 0.6 is 15.9 Å². The van der Waals surface area contributed by atoms with Gasteiger partial charge in [0.05, 0.1) is 19.1 Å². The summed E-state index contributed by atoms with van der Waals surface area (Å²) in [4.78, 5) is 28.3. The van der Waals surface area contributed by atoms with Gasteiger partial charge in [-0.15, -0.1) is 0 Å². The Balaban J connectivity index is 1.85. The van der Waals surface area contributed by atoms with Crippen molar-refractivity contribution in [2.45, 2.75) is 31.8 Å². The molecule has 3 rings (SSSR count). The van der Waals surface area contributed by atoms with E-state index in [0.717, 1.165) is 21.9 Å². The highest BCUT2D eigenvalue weighted by atomic mass is 79.9. The Hall–Kier alpha value is -3.37. The Labute approximate surface area is 239 Å². The number of hydrogen-bond donors (Lipinski definition) is 1. The molecule has 0 fully saturated rings. The van der Waals surface area contributed by atoms with Crippen molar-refractivity contribution in [1.82, 2.24) is 10.2 Å². The molecule has 10 heteroatoms.